The summed E-state index contributed by atoms with van der Waals surface area (Å²) in [6, 6.07) is 23.5. The molecule has 0 unspecified atom stereocenters. The molecular weight excluding hydrogens is 546 g/mol. The van der Waals surface area contributed by atoms with Crippen LogP contribution in [0.5, 0.6) is 11.5 Å². The van der Waals surface area contributed by atoms with Crippen molar-refractivity contribution in [3.8, 4) is 11.5 Å². The average molecular weight is 592 g/mol. The van der Waals surface area contributed by atoms with Gasteiger partial charge < -0.3 is 19.0 Å². The number of rotatable bonds is 11. The van der Waals surface area contributed by atoms with Crippen molar-refractivity contribution in [2.75, 3.05) is 0 Å². The Hall–Kier alpha value is -3.78. The number of hydrogen-bond donors (Lipinski definition) is 1. The normalized spacial score (nSPS) is 12.8. The fourth-order valence-corrected chi connectivity index (χ4v) is 5.05. The van der Waals surface area contributed by atoms with E-state index in [9.17, 15) is 14.7 Å². The van der Waals surface area contributed by atoms with Gasteiger partial charge in [0.25, 0.3) is 0 Å². The second kappa shape index (κ2) is 13.5. The Morgan fingerprint density at radius 2 is 1.36 bits per heavy atom. The number of nitrogens with zero attached hydrogens (tertiary/aromatic N) is 1. The highest BCUT2D eigenvalue weighted by atomic mass is 28.4. The summed E-state index contributed by atoms with van der Waals surface area (Å²) in [5.41, 5.74) is 1.71. The molecular formula is C34H45NO6Si. The van der Waals surface area contributed by atoms with E-state index in [1.807, 2.05) is 78.9 Å². The van der Waals surface area contributed by atoms with Gasteiger partial charge in [0.2, 0.25) is 8.32 Å². The van der Waals surface area contributed by atoms with Crippen LogP contribution in [0.25, 0.3) is 0 Å². The topological polar surface area (TPSA) is 85.3 Å². The van der Waals surface area contributed by atoms with Crippen molar-refractivity contribution < 1.29 is 28.6 Å². The predicted octanol–water partition coefficient (Wildman–Crippen LogP) is 8.08. The molecule has 0 aliphatic rings. The van der Waals surface area contributed by atoms with Crippen LogP contribution in [0, 0.1) is 0 Å². The summed E-state index contributed by atoms with van der Waals surface area (Å²) in [7, 11) is -2.21. The minimum absolute atomic E-state index is 0.0395. The zero-order valence-electron chi connectivity index (χ0n) is 26.1. The molecule has 8 heteroatoms. The van der Waals surface area contributed by atoms with Gasteiger partial charge in [-0.1, -0.05) is 81.4 Å². The molecule has 0 fully saturated rings. The first-order valence-electron chi connectivity index (χ1n) is 14.3. The lowest BCUT2D eigenvalue weighted by Crippen LogP contribution is -2.48. The molecule has 226 valence electrons. The summed E-state index contributed by atoms with van der Waals surface area (Å²) >= 11 is 0. The fraction of sp³-hybridized carbons (Fsp3) is 0.412. The van der Waals surface area contributed by atoms with E-state index in [1.165, 1.54) is 4.90 Å². The minimum atomic E-state index is -2.21. The lowest BCUT2D eigenvalue weighted by Gasteiger charge is -2.36. The molecule has 0 radical (unpaired) electrons. The van der Waals surface area contributed by atoms with Crippen LogP contribution < -0.4 is 9.16 Å². The molecule has 0 aliphatic heterocycles. The van der Waals surface area contributed by atoms with Gasteiger partial charge >= 0.3 is 12.1 Å². The van der Waals surface area contributed by atoms with Crippen molar-refractivity contribution in [1.82, 2.24) is 4.90 Å². The number of amides is 1. The molecule has 1 N–H and O–H groups in total. The van der Waals surface area contributed by atoms with Gasteiger partial charge in [-0.3, -0.25) is 4.90 Å². The molecule has 0 bridgehead atoms. The van der Waals surface area contributed by atoms with Gasteiger partial charge in [0.1, 0.15) is 29.7 Å². The Labute approximate surface area is 251 Å². The molecule has 7 nitrogen and oxygen atoms in total. The Kier molecular flexibility index (Phi) is 10.5. The SMILES string of the molecule is CC(C)(C)OC(=O)N(Cc1ccccc1)[C@@H](Cc1cc(OCc2ccccc2)cc(O[Si](C)(C)C(C)(C)C)c1)C(=O)O. The highest BCUT2D eigenvalue weighted by molar-refractivity contribution is 6.74. The summed E-state index contributed by atoms with van der Waals surface area (Å²) in [4.78, 5) is 27.4. The van der Waals surface area contributed by atoms with Gasteiger partial charge in [-0.2, -0.15) is 0 Å². The third-order valence-corrected chi connectivity index (χ3v) is 11.6. The molecule has 0 heterocycles. The van der Waals surface area contributed by atoms with Crippen LogP contribution >= 0.6 is 0 Å². The van der Waals surface area contributed by atoms with E-state index in [2.05, 4.69) is 33.9 Å². The van der Waals surface area contributed by atoms with Crippen LogP contribution in [0.3, 0.4) is 0 Å². The molecule has 0 spiro atoms. The molecule has 42 heavy (non-hydrogen) atoms. The molecule has 0 aromatic heterocycles. The maximum Gasteiger partial charge on any atom is 0.411 e. The van der Waals surface area contributed by atoms with Gasteiger partial charge in [0, 0.05) is 19.0 Å². The van der Waals surface area contributed by atoms with Crippen molar-refractivity contribution >= 4 is 20.4 Å². The van der Waals surface area contributed by atoms with E-state index in [0.717, 1.165) is 11.1 Å². The summed E-state index contributed by atoms with van der Waals surface area (Å²) < 4.78 is 18.4. The van der Waals surface area contributed by atoms with E-state index in [0.29, 0.717) is 23.7 Å². The number of ether oxygens (including phenoxy) is 2. The van der Waals surface area contributed by atoms with Gasteiger partial charge in [-0.25, -0.2) is 9.59 Å². The van der Waals surface area contributed by atoms with E-state index in [-0.39, 0.29) is 18.0 Å². The van der Waals surface area contributed by atoms with Gasteiger partial charge in [0.05, 0.1) is 0 Å². The van der Waals surface area contributed by atoms with Crippen molar-refractivity contribution in [2.24, 2.45) is 0 Å². The fourth-order valence-electron chi connectivity index (χ4n) is 4.04. The standard InChI is InChI=1S/C34H45NO6Si/c1-33(2,3)40-32(38)35(23-25-15-11-9-12-16-25)30(31(36)37)21-27-19-28(39-24-26-17-13-10-14-18-26)22-29(20-27)41-42(7,8)34(4,5)6/h9-20,22,30H,21,23-24H2,1-8H3,(H,36,37)/t30-/m0/s1. The third-order valence-electron chi connectivity index (χ3n) is 7.28. The van der Waals surface area contributed by atoms with E-state index >= 15 is 0 Å². The summed E-state index contributed by atoms with van der Waals surface area (Å²) in [5.74, 6) is 0.0681. The molecule has 1 atom stereocenters. The maximum atomic E-state index is 13.4. The highest BCUT2D eigenvalue weighted by Crippen LogP contribution is 2.38. The Morgan fingerprint density at radius 3 is 1.88 bits per heavy atom. The van der Waals surface area contributed by atoms with Crippen molar-refractivity contribution in [2.45, 2.75) is 90.9 Å². The van der Waals surface area contributed by atoms with Crippen LogP contribution in [0.2, 0.25) is 18.1 Å². The van der Waals surface area contributed by atoms with Crippen LogP contribution in [0.1, 0.15) is 58.2 Å². The first kappa shape index (κ1) is 32.7. The molecule has 1 amide bonds. The zero-order valence-corrected chi connectivity index (χ0v) is 27.1. The largest absolute Gasteiger partial charge is 0.543 e. The zero-order chi connectivity index (χ0) is 31.1. The summed E-state index contributed by atoms with van der Waals surface area (Å²) in [5, 5.41) is 10.4. The lowest BCUT2D eigenvalue weighted by molar-refractivity contribution is -0.143. The smallest absolute Gasteiger partial charge is 0.411 e. The molecule has 3 rings (SSSR count). The number of hydrogen-bond acceptors (Lipinski definition) is 5. The minimum Gasteiger partial charge on any atom is -0.543 e. The third kappa shape index (κ3) is 9.65. The predicted molar refractivity (Wildman–Crippen MR) is 168 cm³/mol. The summed E-state index contributed by atoms with van der Waals surface area (Å²) in [6.07, 6.45) is -0.648. The Morgan fingerprint density at radius 1 is 0.810 bits per heavy atom. The quantitative estimate of drug-likeness (QED) is 0.227. The highest BCUT2D eigenvalue weighted by Gasteiger charge is 2.39. The number of carboxylic acids is 1. The lowest BCUT2D eigenvalue weighted by atomic mass is 10.0. The van der Waals surface area contributed by atoms with Gasteiger partial charge in [-0.15, -0.1) is 0 Å². The monoisotopic (exact) mass is 591 g/mol. The Bertz CT molecular complexity index is 1330. The first-order valence-corrected chi connectivity index (χ1v) is 17.2. The van der Waals surface area contributed by atoms with Crippen molar-refractivity contribution in [3.63, 3.8) is 0 Å². The molecule has 0 saturated carbocycles. The van der Waals surface area contributed by atoms with Crippen molar-refractivity contribution in [1.29, 1.82) is 0 Å². The van der Waals surface area contributed by atoms with Gasteiger partial charge in [0.15, 0.2) is 0 Å². The van der Waals surface area contributed by atoms with Gasteiger partial charge in [-0.05, 0) is 67.7 Å². The van der Waals surface area contributed by atoms with Crippen LogP contribution in [0.4, 0.5) is 4.79 Å². The van der Waals surface area contributed by atoms with Crippen LogP contribution in [-0.4, -0.2) is 42.0 Å². The molecule has 3 aromatic rings. The number of carbonyl (C=O) groups excluding carboxylic acids is 1. The Balaban J connectivity index is 2.00. The number of carbonyl (C=O) groups is 2. The van der Waals surface area contributed by atoms with Crippen molar-refractivity contribution in [3.05, 3.63) is 95.6 Å². The summed E-state index contributed by atoms with van der Waals surface area (Å²) in [6.45, 7) is 16.5. The number of carboxylic acid groups (broad SMARTS) is 1. The second-order valence-electron chi connectivity index (χ2n) is 13.1. The second-order valence-corrected chi connectivity index (χ2v) is 17.8. The average Bonchev–Trinajstić information content (AvgIpc) is 2.88. The molecule has 0 saturated heterocycles. The first-order chi connectivity index (χ1) is 19.5. The van der Waals surface area contributed by atoms with E-state index in [4.69, 9.17) is 13.9 Å². The number of aliphatic carboxylic acids is 1. The van der Waals surface area contributed by atoms with Crippen LogP contribution in [-0.2, 0) is 29.1 Å². The number of benzene rings is 3. The van der Waals surface area contributed by atoms with E-state index < -0.39 is 32.0 Å². The maximum absolute atomic E-state index is 13.4. The molecule has 0 aliphatic carbocycles. The van der Waals surface area contributed by atoms with E-state index in [1.54, 1.807) is 20.8 Å². The van der Waals surface area contributed by atoms with Crippen LogP contribution in [0.15, 0.2) is 78.9 Å². The molecule has 3 aromatic carbocycles.